The van der Waals surface area contributed by atoms with Crippen LogP contribution in [-0.4, -0.2) is 37.3 Å². The molecule has 3 heterocycles. The first-order chi connectivity index (χ1) is 13.0. The third-order valence-corrected chi connectivity index (χ3v) is 6.18. The Bertz CT molecular complexity index is 1030. The molecule has 27 heavy (non-hydrogen) atoms. The lowest BCUT2D eigenvalue weighted by Gasteiger charge is -2.35. The first kappa shape index (κ1) is 18.0. The molecule has 0 saturated heterocycles. The fraction of sp³-hybridized carbons (Fsp3) is 0.400. The van der Waals surface area contributed by atoms with Gasteiger partial charge in [-0.15, -0.1) is 5.10 Å². The number of carbonyl (C=O) groups is 1. The predicted octanol–water partition coefficient (Wildman–Crippen LogP) is 3.51. The molecule has 1 amide bonds. The highest BCUT2D eigenvalue weighted by molar-refractivity contribution is 7.99. The van der Waals surface area contributed by atoms with Crippen LogP contribution in [0.15, 0.2) is 29.4 Å². The minimum Gasteiger partial charge on any atom is -0.309 e. The molecule has 0 spiro atoms. The van der Waals surface area contributed by atoms with E-state index in [1.165, 1.54) is 17.3 Å². The first-order valence-electron chi connectivity index (χ1n) is 9.19. The van der Waals surface area contributed by atoms with Gasteiger partial charge in [0, 0.05) is 23.1 Å². The van der Waals surface area contributed by atoms with E-state index in [0.717, 1.165) is 35.5 Å². The zero-order chi connectivity index (χ0) is 19.1. The molecule has 7 heteroatoms. The smallest absolute Gasteiger partial charge is 0.253 e. The van der Waals surface area contributed by atoms with Crippen molar-refractivity contribution in [2.75, 3.05) is 10.7 Å². The summed E-state index contributed by atoms with van der Waals surface area (Å²) in [5.74, 6) is 0.991. The normalized spacial score (nSPS) is 16.6. The zero-order valence-corrected chi connectivity index (χ0v) is 16.9. The van der Waals surface area contributed by atoms with E-state index < -0.39 is 0 Å². The van der Waals surface area contributed by atoms with Gasteiger partial charge in [0.15, 0.2) is 0 Å². The Kier molecular flexibility index (Phi) is 4.63. The molecule has 0 radical (unpaired) electrons. The second-order valence-electron chi connectivity index (χ2n) is 7.08. The van der Waals surface area contributed by atoms with E-state index in [1.807, 2.05) is 43.9 Å². The Morgan fingerprint density at radius 2 is 2.00 bits per heavy atom. The van der Waals surface area contributed by atoms with Gasteiger partial charge in [-0.25, -0.2) is 9.50 Å². The van der Waals surface area contributed by atoms with Gasteiger partial charge in [-0.1, -0.05) is 30.0 Å². The van der Waals surface area contributed by atoms with Crippen LogP contribution in [0.4, 0.5) is 5.69 Å². The van der Waals surface area contributed by atoms with E-state index >= 15 is 0 Å². The van der Waals surface area contributed by atoms with E-state index in [2.05, 4.69) is 28.1 Å². The molecule has 6 nitrogen and oxygen atoms in total. The average molecular weight is 382 g/mol. The average Bonchev–Trinajstić information content (AvgIpc) is 3.07. The maximum absolute atomic E-state index is 13.0. The van der Waals surface area contributed by atoms with Gasteiger partial charge >= 0.3 is 0 Å². The topological polar surface area (TPSA) is 63.4 Å². The molecule has 2 aromatic heterocycles. The number of anilines is 1. The number of hydrogen-bond donors (Lipinski definition) is 0. The monoisotopic (exact) mass is 381 g/mol. The van der Waals surface area contributed by atoms with Crippen molar-refractivity contribution in [2.45, 2.75) is 51.7 Å². The van der Waals surface area contributed by atoms with Gasteiger partial charge in [-0.05, 0) is 57.7 Å². The molecule has 0 saturated carbocycles. The van der Waals surface area contributed by atoms with Crippen LogP contribution < -0.4 is 4.90 Å². The molecule has 4 rings (SSSR count). The number of rotatable bonds is 3. The summed E-state index contributed by atoms with van der Waals surface area (Å²) in [5, 5.41) is 5.11. The molecule has 1 aliphatic heterocycles. The number of hydrogen-bond acceptors (Lipinski definition) is 5. The number of benzene rings is 1. The van der Waals surface area contributed by atoms with Crippen LogP contribution in [0.5, 0.6) is 0 Å². The number of nitrogens with zero attached hydrogens (tertiary/aromatic N) is 5. The number of thioether (sulfide) groups is 1. The third-order valence-electron chi connectivity index (χ3n) is 5.36. The Morgan fingerprint density at radius 3 is 2.81 bits per heavy atom. The van der Waals surface area contributed by atoms with Crippen LogP contribution >= 0.6 is 11.8 Å². The van der Waals surface area contributed by atoms with Gasteiger partial charge in [-0.3, -0.25) is 4.79 Å². The molecule has 0 N–H and O–H groups in total. The van der Waals surface area contributed by atoms with Crippen molar-refractivity contribution in [3.8, 4) is 0 Å². The predicted molar refractivity (Wildman–Crippen MR) is 107 cm³/mol. The quantitative estimate of drug-likeness (QED) is 0.650. The van der Waals surface area contributed by atoms with Crippen LogP contribution in [-0.2, 0) is 11.2 Å². The van der Waals surface area contributed by atoms with Crippen molar-refractivity contribution in [3.05, 3.63) is 46.8 Å². The van der Waals surface area contributed by atoms with Gasteiger partial charge in [-0.2, -0.15) is 4.98 Å². The van der Waals surface area contributed by atoms with E-state index in [-0.39, 0.29) is 11.9 Å². The summed E-state index contributed by atoms with van der Waals surface area (Å²) in [6.07, 6.45) is 2.01. The van der Waals surface area contributed by atoms with E-state index in [4.69, 9.17) is 0 Å². The second-order valence-corrected chi connectivity index (χ2v) is 8.03. The highest BCUT2D eigenvalue weighted by Gasteiger charge is 2.28. The Hall–Kier alpha value is -2.41. The lowest BCUT2D eigenvalue weighted by Crippen LogP contribution is -2.43. The number of amides is 1. The van der Waals surface area contributed by atoms with Gasteiger partial charge in [0.2, 0.25) is 11.1 Å². The summed E-state index contributed by atoms with van der Waals surface area (Å²) in [6.45, 7) is 8.13. The number of para-hydroxylation sites is 1. The van der Waals surface area contributed by atoms with E-state index in [9.17, 15) is 4.79 Å². The number of carbonyl (C=O) groups excluding carboxylic acids is 1. The molecule has 3 aromatic rings. The Balaban J connectivity index is 1.55. The van der Waals surface area contributed by atoms with Crippen molar-refractivity contribution < 1.29 is 4.79 Å². The largest absolute Gasteiger partial charge is 0.309 e. The van der Waals surface area contributed by atoms with Crippen LogP contribution in [0.3, 0.4) is 0 Å². The molecule has 1 unspecified atom stereocenters. The molecule has 0 fully saturated rings. The van der Waals surface area contributed by atoms with Crippen LogP contribution in [0.2, 0.25) is 0 Å². The summed E-state index contributed by atoms with van der Waals surface area (Å²) in [5.41, 5.74) is 5.37. The minimum atomic E-state index is 0.0931. The molecular formula is C20H23N5OS. The van der Waals surface area contributed by atoms with Crippen LogP contribution in [0.1, 0.15) is 35.9 Å². The van der Waals surface area contributed by atoms with E-state index in [0.29, 0.717) is 16.7 Å². The number of aromatic nitrogens is 4. The molecule has 0 bridgehead atoms. The standard InChI is InChI=1S/C20H23N5OS/c1-12-9-10-16-7-5-6-8-17(16)24(12)18(26)11-27-20-22-19-21-14(3)13(2)15(4)25(19)23-20/h5-8,12H,9-11H2,1-4H3. The first-order valence-corrected chi connectivity index (χ1v) is 10.2. The van der Waals surface area contributed by atoms with Gasteiger partial charge < -0.3 is 4.90 Å². The van der Waals surface area contributed by atoms with Gasteiger partial charge in [0.25, 0.3) is 5.78 Å². The number of fused-ring (bicyclic) bond motifs is 2. The molecule has 1 aliphatic rings. The fourth-order valence-electron chi connectivity index (χ4n) is 3.56. The summed E-state index contributed by atoms with van der Waals surface area (Å²) in [4.78, 5) is 23.9. The Morgan fingerprint density at radius 1 is 1.22 bits per heavy atom. The SMILES string of the molecule is Cc1nc2nc(SCC(=O)N3c4ccccc4CCC3C)nn2c(C)c1C. The zero-order valence-electron chi connectivity index (χ0n) is 16.1. The summed E-state index contributed by atoms with van der Waals surface area (Å²) in [7, 11) is 0. The fourth-order valence-corrected chi connectivity index (χ4v) is 4.24. The van der Waals surface area contributed by atoms with Crippen molar-refractivity contribution in [3.63, 3.8) is 0 Å². The second kappa shape index (κ2) is 6.96. The van der Waals surface area contributed by atoms with Crippen molar-refractivity contribution in [1.82, 2.24) is 19.6 Å². The number of aryl methyl sites for hydroxylation is 3. The third kappa shape index (κ3) is 3.20. The lowest BCUT2D eigenvalue weighted by molar-refractivity contribution is -0.116. The maximum atomic E-state index is 13.0. The highest BCUT2D eigenvalue weighted by Crippen LogP contribution is 2.31. The molecule has 0 aliphatic carbocycles. The Labute approximate surface area is 163 Å². The van der Waals surface area contributed by atoms with Crippen LogP contribution in [0, 0.1) is 20.8 Å². The van der Waals surface area contributed by atoms with Crippen molar-refractivity contribution in [1.29, 1.82) is 0 Å². The lowest BCUT2D eigenvalue weighted by atomic mass is 9.97. The molecule has 1 aromatic carbocycles. The summed E-state index contributed by atoms with van der Waals surface area (Å²) < 4.78 is 1.76. The highest BCUT2D eigenvalue weighted by atomic mass is 32.2. The maximum Gasteiger partial charge on any atom is 0.253 e. The molecule has 140 valence electrons. The van der Waals surface area contributed by atoms with Crippen molar-refractivity contribution in [2.24, 2.45) is 0 Å². The van der Waals surface area contributed by atoms with Gasteiger partial charge in [0.05, 0.1) is 5.75 Å². The van der Waals surface area contributed by atoms with Crippen molar-refractivity contribution >= 4 is 29.1 Å². The van der Waals surface area contributed by atoms with Crippen LogP contribution in [0.25, 0.3) is 5.78 Å². The van der Waals surface area contributed by atoms with E-state index in [1.54, 1.807) is 4.52 Å². The molecular weight excluding hydrogens is 358 g/mol. The summed E-state index contributed by atoms with van der Waals surface area (Å²) >= 11 is 1.37. The minimum absolute atomic E-state index is 0.0931. The molecule has 1 atom stereocenters. The van der Waals surface area contributed by atoms with Gasteiger partial charge in [0.1, 0.15) is 0 Å². The summed E-state index contributed by atoms with van der Waals surface area (Å²) in [6, 6.07) is 8.38.